The van der Waals surface area contributed by atoms with E-state index in [4.69, 9.17) is 0 Å². The fourth-order valence-electron chi connectivity index (χ4n) is 4.06. The molecular formula is C20H29N3O. The van der Waals surface area contributed by atoms with Crippen LogP contribution >= 0.6 is 0 Å². The highest BCUT2D eigenvalue weighted by Gasteiger charge is 2.29. The fourth-order valence-corrected chi connectivity index (χ4v) is 4.06. The number of rotatable bonds is 6. The van der Waals surface area contributed by atoms with Gasteiger partial charge in [-0.2, -0.15) is 0 Å². The number of carbonyl (C=O) groups excluding carboxylic acids is 1. The minimum atomic E-state index is 0.109. The smallest absolute Gasteiger partial charge is 0.253 e. The SMILES string of the molecule is CCCN(CCC)C1Cc2c[nH]c3ccc(C(=O)N(C)C)c(c23)C1. The van der Waals surface area contributed by atoms with Gasteiger partial charge in [-0.15, -0.1) is 0 Å². The Balaban J connectivity index is 2.03. The fraction of sp³-hybridized carbons (Fsp3) is 0.550. The van der Waals surface area contributed by atoms with Crippen LogP contribution in [0, 0.1) is 0 Å². The lowest BCUT2D eigenvalue weighted by molar-refractivity contribution is 0.0826. The topological polar surface area (TPSA) is 39.3 Å². The van der Waals surface area contributed by atoms with Crippen molar-refractivity contribution in [1.29, 1.82) is 0 Å². The maximum atomic E-state index is 12.7. The van der Waals surface area contributed by atoms with Crippen LogP contribution in [-0.2, 0) is 12.8 Å². The van der Waals surface area contributed by atoms with Gasteiger partial charge in [-0.05, 0) is 62.0 Å². The first-order chi connectivity index (χ1) is 11.6. The van der Waals surface area contributed by atoms with Crippen molar-refractivity contribution in [2.24, 2.45) is 0 Å². The number of nitrogens with zero attached hydrogens (tertiary/aromatic N) is 2. The van der Waals surface area contributed by atoms with Gasteiger partial charge in [0.05, 0.1) is 0 Å². The number of nitrogens with one attached hydrogen (secondary N) is 1. The van der Waals surface area contributed by atoms with Gasteiger partial charge in [0.2, 0.25) is 0 Å². The van der Waals surface area contributed by atoms with Crippen molar-refractivity contribution in [2.75, 3.05) is 27.2 Å². The molecule has 0 saturated carbocycles. The van der Waals surface area contributed by atoms with E-state index >= 15 is 0 Å². The minimum Gasteiger partial charge on any atom is -0.361 e. The Hall–Kier alpha value is -1.81. The summed E-state index contributed by atoms with van der Waals surface area (Å²) in [5.41, 5.74) is 4.62. The van der Waals surface area contributed by atoms with E-state index in [0.717, 1.165) is 37.0 Å². The Kier molecular flexibility index (Phi) is 4.95. The Morgan fingerprint density at radius 2 is 1.88 bits per heavy atom. The molecule has 0 saturated heterocycles. The molecule has 4 heteroatoms. The molecule has 130 valence electrons. The monoisotopic (exact) mass is 327 g/mol. The molecule has 1 amide bonds. The van der Waals surface area contributed by atoms with Crippen LogP contribution in [0.5, 0.6) is 0 Å². The first-order valence-electron chi connectivity index (χ1n) is 9.14. The lowest BCUT2D eigenvalue weighted by Gasteiger charge is -2.34. The first-order valence-corrected chi connectivity index (χ1v) is 9.14. The highest BCUT2D eigenvalue weighted by Crippen LogP contribution is 2.34. The van der Waals surface area contributed by atoms with E-state index in [1.165, 1.54) is 29.4 Å². The number of benzene rings is 1. The summed E-state index contributed by atoms with van der Waals surface area (Å²) >= 11 is 0. The van der Waals surface area contributed by atoms with E-state index in [1.54, 1.807) is 4.90 Å². The maximum absolute atomic E-state index is 12.7. The number of amides is 1. The zero-order valence-corrected chi connectivity index (χ0v) is 15.4. The van der Waals surface area contributed by atoms with Crippen LogP contribution in [-0.4, -0.2) is 53.9 Å². The van der Waals surface area contributed by atoms with Gasteiger partial charge in [0.1, 0.15) is 0 Å². The lowest BCUT2D eigenvalue weighted by Crippen LogP contribution is -2.41. The second-order valence-electron chi connectivity index (χ2n) is 7.13. The molecule has 1 unspecified atom stereocenters. The van der Waals surface area contributed by atoms with Gasteiger partial charge in [-0.3, -0.25) is 9.69 Å². The molecule has 0 fully saturated rings. The van der Waals surface area contributed by atoms with Crippen molar-refractivity contribution in [1.82, 2.24) is 14.8 Å². The third-order valence-corrected chi connectivity index (χ3v) is 5.11. The number of hydrogen-bond acceptors (Lipinski definition) is 2. The van der Waals surface area contributed by atoms with Gasteiger partial charge < -0.3 is 9.88 Å². The Labute approximate surface area is 144 Å². The molecule has 1 aromatic carbocycles. The predicted octanol–water partition coefficient (Wildman–Crippen LogP) is 3.46. The average molecular weight is 327 g/mol. The number of carbonyl (C=O) groups is 1. The van der Waals surface area contributed by atoms with Crippen molar-refractivity contribution in [2.45, 2.75) is 45.6 Å². The van der Waals surface area contributed by atoms with E-state index in [9.17, 15) is 4.79 Å². The molecule has 1 N–H and O–H groups in total. The third-order valence-electron chi connectivity index (χ3n) is 5.11. The second kappa shape index (κ2) is 6.98. The van der Waals surface area contributed by atoms with Gasteiger partial charge >= 0.3 is 0 Å². The molecule has 1 aliphatic rings. The highest BCUT2D eigenvalue weighted by atomic mass is 16.2. The Morgan fingerprint density at radius 1 is 1.17 bits per heavy atom. The summed E-state index contributed by atoms with van der Waals surface area (Å²) in [7, 11) is 3.66. The average Bonchev–Trinajstić information content (AvgIpc) is 2.98. The number of aromatic amines is 1. The highest BCUT2D eigenvalue weighted by molar-refractivity contribution is 6.02. The zero-order chi connectivity index (χ0) is 17.3. The van der Waals surface area contributed by atoms with Crippen LogP contribution in [0.2, 0.25) is 0 Å². The standard InChI is InChI=1S/C20H29N3O/c1-5-9-23(10-6-2)15-11-14-13-21-18-8-7-16(20(24)22(3)4)17(12-15)19(14)18/h7-8,13,15,21H,5-6,9-12H2,1-4H3. The molecule has 1 heterocycles. The van der Waals surface area contributed by atoms with Crippen LogP contribution in [0.4, 0.5) is 0 Å². The van der Waals surface area contributed by atoms with Crippen molar-refractivity contribution >= 4 is 16.8 Å². The van der Waals surface area contributed by atoms with Crippen LogP contribution in [0.3, 0.4) is 0 Å². The molecule has 3 rings (SSSR count). The van der Waals surface area contributed by atoms with E-state index in [2.05, 4.69) is 36.0 Å². The molecule has 1 aliphatic carbocycles. The van der Waals surface area contributed by atoms with Crippen molar-refractivity contribution in [3.63, 3.8) is 0 Å². The van der Waals surface area contributed by atoms with Gasteiger partial charge in [0.25, 0.3) is 5.91 Å². The maximum Gasteiger partial charge on any atom is 0.253 e. The van der Waals surface area contributed by atoms with Crippen molar-refractivity contribution < 1.29 is 4.79 Å². The first kappa shape index (κ1) is 17.0. The summed E-state index contributed by atoms with van der Waals surface area (Å²) in [5, 5.41) is 1.28. The summed E-state index contributed by atoms with van der Waals surface area (Å²) in [6, 6.07) is 4.54. The number of hydrogen-bond donors (Lipinski definition) is 1. The van der Waals surface area contributed by atoms with Crippen LogP contribution < -0.4 is 0 Å². The Morgan fingerprint density at radius 3 is 2.50 bits per heavy atom. The number of H-pyrrole nitrogens is 1. The van der Waals surface area contributed by atoms with E-state index in [-0.39, 0.29) is 5.91 Å². The van der Waals surface area contributed by atoms with Crippen LogP contribution in [0.1, 0.15) is 48.2 Å². The molecule has 24 heavy (non-hydrogen) atoms. The molecule has 0 radical (unpaired) electrons. The molecule has 1 aromatic heterocycles. The molecule has 0 aliphatic heterocycles. The van der Waals surface area contributed by atoms with Crippen molar-refractivity contribution in [3.05, 3.63) is 35.0 Å². The molecule has 2 aromatic rings. The van der Waals surface area contributed by atoms with E-state index < -0.39 is 0 Å². The largest absolute Gasteiger partial charge is 0.361 e. The van der Waals surface area contributed by atoms with Crippen LogP contribution in [0.25, 0.3) is 10.9 Å². The molecule has 4 nitrogen and oxygen atoms in total. The van der Waals surface area contributed by atoms with Gasteiger partial charge in [-0.25, -0.2) is 0 Å². The minimum absolute atomic E-state index is 0.109. The summed E-state index contributed by atoms with van der Waals surface area (Å²) in [6.45, 7) is 6.75. The molecule has 1 atom stereocenters. The normalized spacial score (nSPS) is 16.8. The quantitative estimate of drug-likeness (QED) is 0.882. The summed E-state index contributed by atoms with van der Waals surface area (Å²) in [5.74, 6) is 0.109. The molecule has 0 bridgehead atoms. The van der Waals surface area contributed by atoms with Gasteiger partial charge in [-0.1, -0.05) is 13.8 Å². The Bertz CT molecular complexity index is 726. The lowest BCUT2D eigenvalue weighted by atomic mass is 9.85. The van der Waals surface area contributed by atoms with Crippen LogP contribution in [0.15, 0.2) is 18.3 Å². The summed E-state index contributed by atoms with van der Waals surface area (Å²) in [4.78, 5) is 20.3. The zero-order valence-electron chi connectivity index (χ0n) is 15.4. The van der Waals surface area contributed by atoms with Gasteiger partial charge in [0.15, 0.2) is 0 Å². The summed E-state index contributed by atoms with van der Waals surface area (Å²) < 4.78 is 0. The molecule has 0 spiro atoms. The third kappa shape index (κ3) is 2.95. The predicted molar refractivity (Wildman–Crippen MR) is 99.7 cm³/mol. The summed E-state index contributed by atoms with van der Waals surface area (Å²) in [6.07, 6.45) is 6.53. The van der Waals surface area contributed by atoms with E-state index in [0.29, 0.717) is 6.04 Å². The second-order valence-corrected chi connectivity index (χ2v) is 7.13. The van der Waals surface area contributed by atoms with E-state index in [1.807, 2.05) is 20.2 Å². The molecular weight excluding hydrogens is 298 g/mol. The van der Waals surface area contributed by atoms with Crippen molar-refractivity contribution in [3.8, 4) is 0 Å². The number of aromatic nitrogens is 1. The van der Waals surface area contributed by atoms with Gasteiger partial charge in [0, 0.05) is 42.8 Å².